The van der Waals surface area contributed by atoms with Gasteiger partial charge in [-0.1, -0.05) is 0 Å². The number of nitrogens with zero attached hydrogens (tertiary/aromatic N) is 3. The van der Waals surface area contributed by atoms with Crippen molar-refractivity contribution >= 4 is 17.0 Å². The fourth-order valence-electron chi connectivity index (χ4n) is 1.97. The molecule has 2 aromatic heterocycles. The second kappa shape index (κ2) is 5.79. The third-order valence-electron chi connectivity index (χ3n) is 2.82. The van der Waals surface area contributed by atoms with Gasteiger partial charge in [0.25, 0.3) is 0 Å². The van der Waals surface area contributed by atoms with E-state index < -0.39 is 0 Å². The van der Waals surface area contributed by atoms with Gasteiger partial charge in [-0.05, 0) is 25.5 Å². The topological polar surface area (TPSA) is 69.0 Å². The number of esters is 1. The molecule has 0 saturated carbocycles. The molecule has 0 aliphatic carbocycles. The summed E-state index contributed by atoms with van der Waals surface area (Å²) in [4.78, 5) is 15.6. The maximum absolute atomic E-state index is 11.2. The van der Waals surface area contributed by atoms with Crippen LogP contribution in [0.1, 0.15) is 18.2 Å². The number of nitrogens with one attached hydrogen (secondary N) is 1. The molecule has 0 unspecified atom stereocenters. The number of hydrogen-bond acceptors (Lipinski definition) is 5. The van der Waals surface area contributed by atoms with Crippen molar-refractivity contribution in [1.29, 1.82) is 0 Å². The highest BCUT2D eigenvalue weighted by Crippen LogP contribution is 2.16. The number of aryl methyl sites for hydroxylation is 2. The smallest absolute Gasteiger partial charge is 0.319 e. The molecule has 6 heteroatoms. The van der Waals surface area contributed by atoms with Crippen LogP contribution >= 0.6 is 0 Å². The third kappa shape index (κ3) is 3.08. The maximum atomic E-state index is 11.2. The molecule has 0 radical (unpaired) electrons. The van der Waals surface area contributed by atoms with Crippen LogP contribution in [0.2, 0.25) is 0 Å². The molecule has 1 N–H and O–H groups in total. The van der Waals surface area contributed by atoms with Gasteiger partial charge in [0.05, 0.1) is 18.8 Å². The van der Waals surface area contributed by atoms with Gasteiger partial charge in [0.2, 0.25) is 0 Å². The van der Waals surface area contributed by atoms with Crippen molar-refractivity contribution < 1.29 is 9.53 Å². The molecule has 102 valence electrons. The van der Waals surface area contributed by atoms with E-state index in [1.807, 2.05) is 20.0 Å². The second-order valence-corrected chi connectivity index (χ2v) is 4.33. The highest BCUT2D eigenvalue weighted by atomic mass is 16.5. The van der Waals surface area contributed by atoms with Crippen LogP contribution in [0, 0.1) is 6.92 Å². The van der Waals surface area contributed by atoms with E-state index in [0.29, 0.717) is 13.2 Å². The number of carbonyl (C=O) groups excluding carboxylic acids is 1. The first kappa shape index (κ1) is 13.5. The summed E-state index contributed by atoms with van der Waals surface area (Å²) in [7, 11) is 1.88. The van der Waals surface area contributed by atoms with E-state index in [4.69, 9.17) is 4.74 Å². The Morgan fingerprint density at radius 3 is 3.05 bits per heavy atom. The van der Waals surface area contributed by atoms with Gasteiger partial charge >= 0.3 is 5.97 Å². The lowest BCUT2D eigenvalue weighted by molar-refractivity contribution is -0.142. The highest BCUT2D eigenvalue weighted by molar-refractivity contribution is 5.78. The monoisotopic (exact) mass is 262 g/mol. The molecule has 0 fully saturated rings. The molecule has 0 amide bonds. The van der Waals surface area contributed by atoms with Crippen LogP contribution in [-0.2, 0) is 23.1 Å². The molecule has 0 aliphatic heterocycles. The van der Waals surface area contributed by atoms with Crippen LogP contribution in [0.3, 0.4) is 0 Å². The number of carbonyl (C=O) groups is 1. The average molecular weight is 262 g/mol. The van der Waals surface area contributed by atoms with Crippen molar-refractivity contribution in [3.63, 3.8) is 0 Å². The highest BCUT2D eigenvalue weighted by Gasteiger charge is 2.07. The lowest BCUT2D eigenvalue weighted by Gasteiger charge is -2.04. The Bertz CT molecular complexity index is 592. The van der Waals surface area contributed by atoms with E-state index in [-0.39, 0.29) is 12.5 Å². The summed E-state index contributed by atoms with van der Waals surface area (Å²) >= 11 is 0. The van der Waals surface area contributed by atoms with Gasteiger partial charge < -0.3 is 10.1 Å². The molecule has 0 aromatic carbocycles. The quantitative estimate of drug-likeness (QED) is 0.812. The summed E-state index contributed by atoms with van der Waals surface area (Å²) in [5.74, 6) is -0.242. The van der Waals surface area contributed by atoms with Crippen LogP contribution in [0.15, 0.2) is 12.3 Å². The van der Waals surface area contributed by atoms with Crippen LogP contribution in [0.4, 0.5) is 0 Å². The lowest BCUT2D eigenvalue weighted by Crippen LogP contribution is -2.24. The van der Waals surface area contributed by atoms with Crippen molar-refractivity contribution in [2.24, 2.45) is 7.05 Å². The molecule has 0 spiro atoms. The minimum atomic E-state index is -0.242. The van der Waals surface area contributed by atoms with Crippen molar-refractivity contribution in [2.45, 2.75) is 20.4 Å². The molecule has 0 bridgehead atoms. The zero-order valence-electron chi connectivity index (χ0n) is 11.4. The Balaban J connectivity index is 2.02. The fourth-order valence-corrected chi connectivity index (χ4v) is 1.97. The van der Waals surface area contributed by atoms with Gasteiger partial charge in [-0.25, -0.2) is 4.98 Å². The summed E-state index contributed by atoms with van der Waals surface area (Å²) < 4.78 is 6.61. The van der Waals surface area contributed by atoms with Crippen LogP contribution in [-0.4, -0.2) is 33.9 Å². The van der Waals surface area contributed by atoms with Crippen molar-refractivity contribution in [3.05, 3.63) is 23.5 Å². The molecule has 19 heavy (non-hydrogen) atoms. The maximum Gasteiger partial charge on any atom is 0.319 e. The summed E-state index contributed by atoms with van der Waals surface area (Å²) in [6.07, 6.45) is 1.79. The van der Waals surface area contributed by atoms with Gasteiger partial charge in [-0.15, -0.1) is 0 Å². The van der Waals surface area contributed by atoms with Gasteiger partial charge in [0, 0.05) is 25.2 Å². The molecule has 0 aliphatic rings. The SMILES string of the molecule is CCOC(=O)CNCc1cnc2c(c1)c(C)nn2C. The number of pyridine rings is 1. The number of fused-ring (bicyclic) bond motifs is 1. The van der Waals surface area contributed by atoms with Crippen molar-refractivity contribution in [1.82, 2.24) is 20.1 Å². The van der Waals surface area contributed by atoms with Gasteiger partial charge in [0.1, 0.15) is 0 Å². The first-order valence-corrected chi connectivity index (χ1v) is 6.26. The van der Waals surface area contributed by atoms with E-state index in [1.54, 1.807) is 17.8 Å². The summed E-state index contributed by atoms with van der Waals surface area (Å²) in [6.45, 7) is 4.94. The second-order valence-electron chi connectivity index (χ2n) is 4.33. The van der Waals surface area contributed by atoms with Crippen LogP contribution in [0.5, 0.6) is 0 Å². The molecule has 2 heterocycles. The standard InChI is InChI=1S/C13H18N4O2/c1-4-19-12(18)8-14-6-10-5-11-9(2)16-17(3)13(11)15-7-10/h5,7,14H,4,6,8H2,1-3H3. The van der Waals surface area contributed by atoms with Crippen molar-refractivity contribution in [3.8, 4) is 0 Å². The zero-order valence-corrected chi connectivity index (χ0v) is 11.4. The predicted molar refractivity (Wildman–Crippen MR) is 71.6 cm³/mol. The van der Waals surface area contributed by atoms with E-state index in [1.165, 1.54) is 0 Å². The van der Waals surface area contributed by atoms with Crippen LogP contribution in [0.25, 0.3) is 11.0 Å². The van der Waals surface area contributed by atoms with E-state index in [2.05, 4.69) is 15.4 Å². The Labute approximate surface area is 111 Å². The Morgan fingerprint density at radius 1 is 1.53 bits per heavy atom. The minimum absolute atomic E-state index is 0.206. The molecular formula is C13H18N4O2. The normalized spacial score (nSPS) is 10.9. The Kier molecular flexibility index (Phi) is 4.11. The lowest BCUT2D eigenvalue weighted by atomic mass is 10.2. The molecule has 2 aromatic rings. The first-order chi connectivity index (χ1) is 9.11. The number of rotatable bonds is 5. The van der Waals surface area contributed by atoms with Crippen molar-refractivity contribution in [2.75, 3.05) is 13.2 Å². The van der Waals surface area contributed by atoms with Gasteiger partial charge in [-0.2, -0.15) is 5.10 Å². The Hall–Kier alpha value is -1.95. The molecule has 2 rings (SSSR count). The summed E-state index contributed by atoms with van der Waals surface area (Å²) in [6, 6.07) is 2.04. The third-order valence-corrected chi connectivity index (χ3v) is 2.82. The number of hydrogen-bond donors (Lipinski definition) is 1. The molecular weight excluding hydrogens is 244 g/mol. The van der Waals surface area contributed by atoms with Gasteiger partial charge in [0.15, 0.2) is 5.65 Å². The van der Waals surface area contributed by atoms with Gasteiger partial charge in [-0.3, -0.25) is 9.48 Å². The first-order valence-electron chi connectivity index (χ1n) is 6.26. The molecule has 6 nitrogen and oxygen atoms in total. The van der Waals surface area contributed by atoms with E-state index in [0.717, 1.165) is 22.3 Å². The minimum Gasteiger partial charge on any atom is -0.465 e. The summed E-state index contributed by atoms with van der Waals surface area (Å²) in [5, 5.41) is 8.40. The zero-order chi connectivity index (χ0) is 13.8. The molecule has 0 atom stereocenters. The fraction of sp³-hybridized carbons (Fsp3) is 0.462. The summed E-state index contributed by atoms with van der Waals surface area (Å²) in [5.41, 5.74) is 2.84. The average Bonchev–Trinajstić information content (AvgIpc) is 2.65. The number of ether oxygens (including phenoxy) is 1. The largest absolute Gasteiger partial charge is 0.465 e. The Morgan fingerprint density at radius 2 is 2.32 bits per heavy atom. The molecule has 0 saturated heterocycles. The predicted octanol–water partition coefficient (Wildman–Crippen LogP) is 0.929. The van der Waals surface area contributed by atoms with Crippen LogP contribution < -0.4 is 5.32 Å². The van der Waals surface area contributed by atoms with E-state index in [9.17, 15) is 4.79 Å². The number of aromatic nitrogens is 3. The van der Waals surface area contributed by atoms with E-state index >= 15 is 0 Å².